The van der Waals surface area contributed by atoms with Gasteiger partial charge in [-0.15, -0.1) is 11.6 Å². The topological polar surface area (TPSA) is 32.3 Å². The molecule has 0 aromatic heterocycles. The summed E-state index contributed by atoms with van der Waals surface area (Å²) in [4.78, 5) is 14.6. The number of nitrogens with zero attached hydrogens (tertiary/aromatic N) is 1. The van der Waals surface area contributed by atoms with Gasteiger partial charge in [0.05, 0.1) is 0 Å². The normalized spacial score (nSPS) is 17.4. The number of nitrogens with one attached hydrogen (secondary N) is 1. The van der Waals surface area contributed by atoms with Crippen LogP contribution in [0.25, 0.3) is 0 Å². The maximum Gasteiger partial charge on any atom is 0.251 e. The second kappa shape index (κ2) is 8.40. The number of benzene rings is 1. The number of carbonyl (C=O) groups excluding carboxylic acids is 1. The first-order valence-corrected chi connectivity index (χ1v) is 8.38. The van der Waals surface area contributed by atoms with Crippen LogP contribution in [0.15, 0.2) is 24.3 Å². The van der Waals surface area contributed by atoms with Crippen molar-refractivity contribution in [3.8, 4) is 0 Å². The summed E-state index contributed by atoms with van der Waals surface area (Å²) in [5.41, 5.74) is 1.74. The second-order valence-electron chi connectivity index (χ2n) is 6.01. The summed E-state index contributed by atoms with van der Waals surface area (Å²) < 4.78 is 0. The molecular formula is C17H25ClN2O. The molecule has 1 aliphatic rings. The third-order valence-corrected chi connectivity index (χ3v) is 4.31. The molecule has 0 saturated carbocycles. The standard InChI is InChI=1S/C17H25ClN2O/c1-14(13-20-9-3-2-4-10-20)12-19-17(21)16-7-5-15(11-18)6-8-16/h5-8,14H,2-4,9-13H2,1H3,(H,19,21). The van der Waals surface area contributed by atoms with Crippen LogP contribution >= 0.6 is 11.6 Å². The summed E-state index contributed by atoms with van der Waals surface area (Å²) in [6.45, 7) is 6.42. The summed E-state index contributed by atoms with van der Waals surface area (Å²) in [5, 5.41) is 3.03. The Morgan fingerprint density at radius 2 is 1.90 bits per heavy atom. The number of hydrogen-bond acceptors (Lipinski definition) is 2. The Bertz CT molecular complexity index is 441. The van der Waals surface area contributed by atoms with Crippen molar-refractivity contribution in [2.75, 3.05) is 26.2 Å². The van der Waals surface area contributed by atoms with Gasteiger partial charge in [-0.05, 0) is 49.5 Å². The largest absolute Gasteiger partial charge is 0.352 e. The van der Waals surface area contributed by atoms with Crippen molar-refractivity contribution in [3.63, 3.8) is 0 Å². The lowest BCUT2D eigenvalue weighted by Crippen LogP contribution is -2.38. The molecular weight excluding hydrogens is 284 g/mol. The molecule has 21 heavy (non-hydrogen) atoms. The fourth-order valence-corrected chi connectivity index (χ4v) is 2.94. The maximum atomic E-state index is 12.1. The Morgan fingerprint density at radius 1 is 1.24 bits per heavy atom. The van der Waals surface area contributed by atoms with Crippen LogP contribution in [0.3, 0.4) is 0 Å². The number of alkyl halides is 1. The highest BCUT2D eigenvalue weighted by Crippen LogP contribution is 2.11. The zero-order valence-corrected chi connectivity index (χ0v) is 13.5. The van der Waals surface area contributed by atoms with Gasteiger partial charge in [-0.2, -0.15) is 0 Å². The van der Waals surface area contributed by atoms with E-state index in [0.29, 0.717) is 17.4 Å². The van der Waals surface area contributed by atoms with Crippen molar-refractivity contribution in [1.82, 2.24) is 10.2 Å². The van der Waals surface area contributed by atoms with E-state index in [1.165, 1.54) is 32.4 Å². The number of amides is 1. The Labute approximate surface area is 132 Å². The minimum absolute atomic E-state index is 0.00150. The first kappa shape index (κ1) is 16.3. The molecule has 1 aromatic carbocycles. The van der Waals surface area contributed by atoms with Crippen LogP contribution in [0, 0.1) is 5.92 Å². The molecule has 1 fully saturated rings. The molecule has 0 aliphatic carbocycles. The van der Waals surface area contributed by atoms with Crippen molar-refractivity contribution in [3.05, 3.63) is 35.4 Å². The minimum atomic E-state index is 0.00150. The molecule has 1 N–H and O–H groups in total. The lowest BCUT2D eigenvalue weighted by atomic mass is 10.1. The first-order chi connectivity index (χ1) is 10.2. The molecule has 0 radical (unpaired) electrons. The van der Waals surface area contributed by atoms with E-state index in [2.05, 4.69) is 17.1 Å². The van der Waals surface area contributed by atoms with E-state index in [0.717, 1.165) is 18.7 Å². The smallest absolute Gasteiger partial charge is 0.251 e. The van der Waals surface area contributed by atoms with Crippen molar-refractivity contribution >= 4 is 17.5 Å². The molecule has 2 rings (SSSR count). The van der Waals surface area contributed by atoms with E-state index >= 15 is 0 Å². The molecule has 0 bridgehead atoms. The van der Waals surface area contributed by atoms with Gasteiger partial charge in [0.1, 0.15) is 0 Å². The second-order valence-corrected chi connectivity index (χ2v) is 6.27. The lowest BCUT2D eigenvalue weighted by Gasteiger charge is -2.29. The van der Waals surface area contributed by atoms with Crippen molar-refractivity contribution in [2.24, 2.45) is 5.92 Å². The predicted molar refractivity (Wildman–Crippen MR) is 87.8 cm³/mol. The van der Waals surface area contributed by atoms with Crippen molar-refractivity contribution in [2.45, 2.75) is 32.1 Å². The monoisotopic (exact) mass is 308 g/mol. The number of carbonyl (C=O) groups is 1. The van der Waals surface area contributed by atoms with Crippen LogP contribution in [0.1, 0.15) is 42.1 Å². The third kappa shape index (κ3) is 5.33. The average molecular weight is 309 g/mol. The van der Waals surface area contributed by atoms with E-state index in [4.69, 9.17) is 11.6 Å². The van der Waals surface area contributed by atoms with E-state index in [1.807, 2.05) is 24.3 Å². The van der Waals surface area contributed by atoms with Gasteiger partial charge in [-0.3, -0.25) is 4.79 Å². The van der Waals surface area contributed by atoms with Crippen molar-refractivity contribution < 1.29 is 4.79 Å². The van der Waals surface area contributed by atoms with Gasteiger partial charge in [0.15, 0.2) is 0 Å². The third-order valence-electron chi connectivity index (χ3n) is 4.00. The Hall–Kier alpha value is -1.06. The highest BCUT2D eigenvalue weighted by atomic mass is 35.5. The summed E-state index contributed by atoms with van der Waals surface area (Å²) >= 11 is 5.75. The van der Waals surface area contributed by atoms with Crippen LogP contribution in [0.2, 0.25) is 0 Å². The fourth-order valence-electron chi connectivity index (χ4n) is 2.76. The highest BCUT2D eigenvalue weighted by molar-refractivity contribution is 6.17. The van der Waals surface area contributed by atoms with Gasteiger partial charge >= 0.3 is 0 Å². The first-order valence-electron chi connectivity index (χ1n) is 7.84. The van der Waals surface area contributed by atoms with Crippen LogP contribution in [0.4, 0.5) is 0 Å². The minimum Gasteiger partial charge on any atom is -0.352 e. The molecule has 1 aliphatic heterocycles. The fraction of sp³-hybridized carbons (Fsp3) is 0.588. The van der Waals surface area contributed by atoms with E-state index in [-0.39, 0.29) is 5.91 Å². The number of hydrogen-bond donors (Lipinski definition) is 1. The summed E-state index contributed by atoms with van der Waals surface area (Å²) in [5.74, 6) is 0.963. The molecule has 1 aromatic rings. The van der Waals surface area contributed by atoms with Gasteiger partial charge in [0, 0.05) is 24.5 Å². The van der Waals surface area contributed by atoms with Crippen LogP contribution in [-0.4, -0.2) is 37.0 Å². The van der Waals surface area contributed by atoms with Gasteiger partial charge in [-0.25, -0.2) is 0 Å². The van der Waals surface area contributed by atoms with E-state index < -0.39 is 0 Å². The molecule has 1 heterocycles. The van der Waals surface area contributed by atoms with Gasteiger partial charge in [-0.1, -0.05) is 25.5 Å². The van der Waals surface area contributed by atoms with Gasteiger partial charge in [0.25, 0.3) is 5.91 Å². The highest BCUT2D eigenvalue weighted by Gasteiger charge is 2.14. The molecule has 1 unspecified atom stereocenters. The molecule has 1 atom stereocenters. The SMILES string of the molecule is CC(CNC(=O)c1ccc(CCl)cc1)CN1CCCCC1. The number of rotatable bonds is 6. The molecule has 3 nitrogen and oxygen atoms in total. The van der Waals surface area contributed by atoms with Crippen LogP contribution < -0.4 is 5.32 Å². The zero-order chi connectivity index (χ0) is 15.1. The van der Waals surface area contributed by atoms with Crippen LogP contribution in [0.5, 0.6) is 0 Å². The van der Waals surface area contributed by atoms with Gasteiger partial charge < -0.3 is 10.2 Å². The van der Waals surface area contributed by atoms with Crippen molar-refractivity contribution in [1.29, 1.82) is 0 Å². The van der Waals surface area contributed by atoms with E-state index in [9.17, 15) is 4.79 Å². The number of halogens is 1. The Morgan fingerprint density at radius 3 is 2.52 bits per heavy atom. The Balaban J connectivity index is 1.74. The zero-order valence-electron chi connectivity index (χ0n) is 12.8. The molecule has 1 saturated heterocycles. The number of piperidine rings is 1. The number of likely N-dealkylation sites (tertiary alicyclic amines) is 1. The molecule has 4 heteroatoms. The summed E-state index contributed by atoms with van der Waals surface area (Å²) in [6, 6.07) is 7.48. The predicted octanol–water partition coefficient (Wildman–Crippen LogP) is 3.28. The summed E-state index contributed by atoms with van der Waals surface area (Å²) in [6.07, 6.45) is 3.98. The molecule has 0 spiro atoms. The maximum absolute atomic E-state index is 12.1. The summed E-state index contributed by atoms with van der Waals surface area (Å²) in [7, 11) is 0. The Kier molecular flexibility index (Phi) is 6.52. The molecule has 1 amide bonds. The average Bonchev–Trinajstić information content (AvgIpc) is 2.53. The molecule has 116 valence electrons. The quantitative estimate of drug-likeness (QED) is 0.818. The van der Waals surface area contributed by atoms with E-state index in [1.54, 1.807) is 0 Å². The lowest BCUT2D eigenvalue weighted by molar-refractivity contribution is 0.0942. The van der Waals surface area contributed by atoms with Gasteiger partial charge in [0.2, 0.25) is 0 Å². The van der Waals surface area contributed by atoms with Crippen LogP contribution in [-0.2, 0) is 5.88 Å².